The third kappa shape index (κ3) is 41.7. The molecule has 8 atom stereocenters. The Hall–Kier alpha value is -2.90. The summed E-state index contributed by atoms with van der Waals surface area (Å²) < 4.78 is 17.6. The smallest absolute Gasteiger partial charge is 0.306 e. The van der Waals surface area contributed by atoms with Crippen LogP contribution in [-0.4, -0.2) is 99.6 Å². The van der Waals surface area contributed by atoms with Crippen LogP contribution in [0.15, 0.2) is 72.9 Å². The number of hydrogen-bond donors (Lipinski definition) is 6. The zero-order chi connectivity index (χ0) is 56.1. The molecule has 446 valence electrons. The molecule has 0 radical (unpaired) electrons. The highest BCUT2D eigenvalue weighted by atomic mass is 16.7. The summed E-state index contributed by atoms with van der Waals surface area (Å²) in [6.45, 7) is 5.61. The molecular formula is C66H117NO10. The van der Waals surface area contributed by atoms with Crippen molar-refractivity contribution in [1.29, 1.82) is 0 Å². The average Bonchev–Trinajstić information content (AvgIpc) is 3.43. The van der Waals surface area contributed by atoms with Crippen molar-refractivity contribution in [2.45, 2.75) is 320 Å². The van der Waals surface area contributed by atoms with Crippen molar-refractivity contribution >= 4 is 11.9 Å². The van der Waals surface area contributed by atoms with Gasteiger partial charge in [0.15, 0.2) is 12.4 Å². The maximum absolute atomic E-state index is 13.4. The maximum Gasteiger partial charge on any atom is 0.306 e. The van der Waals surface area contributed by atoms with Crippen molar-refractivity contribution in [2.75, 3.05) is 13.2 Å². The average molecular weight is 1080 g/mol. The van der Waals surface area contributed by atoms with E-state index in [1.165, 1.54) is 148 Å². The Morgan fingerprint density at radius 1 is 0.532 bits per heavy atom. The van der Waals surface area contributed by atoms with E-state index in [4.69, 9.17) is 14.2 Å². The van der Waals surface area contributed by atoms with E-state index in [0.29, 0.717) is 12.8 Å². The second kappa shape index (κ2) is 53.7. The molecule has 0 aromatic heterocycles. The monoisotopic (exact) mass is 1080 g/mol. The van der Waals surface area contributed by atoms with Gasteiger partial charge in [0.1, 0.15) is 24.4 Å². The number of aliphatic hydroxyl groups excluding tert-OH is 5. The predicted octanol–water partition coefficient (Wildman–Crippen LogP) is 15.2. The molecular weight excluding hydrogens is 967 g/mol. The van der Waals surface area contributed by atoms with Gasteiger partial charge in [0.05, 0.1) is 25.4 Å². The van der Waals surface area contributed by atoms with Crippen LogP contribution >= 0.6 is 0 Å². The number of ether oxygens (including phenoxy) is 3. The fourth-order valence-electron chi connectivity index (χ4n) is 9.62. The number of allylic oxidation sites excluding steroid dienone is 11. The van der Waals surface area contributed by atoms with Gasteiger partial charge < -0.3 is 45.1 Å². The molecule has 8 unspecified atom stereocenters. The number of aliphatic hydroxyl groups is 5. The molecule has 0 aromatic rings. The first-order chi connectivity index (χ1) is 37.7. The Balaban J connectivity index is 2.57. The molecule has 77 heavy (non-hydrogen) atoms. The molecule has 0 aromatic carbocycles. The molecule has 0 spiro atoms. The van der Waals surface area contributed by atoms with Crippen LogP contribution in [0.2, 0.25) is 0 Å². The lowest BCUT2D eigenvalue weighted by atomic mass is 9.99. The van der Waals surface area contributed by atoms with Crippen molar-refractivity contribution in [3.8, 4) is 0 Å². The Morgan fingerprint density at radius 2 is 0.987 bits per heavy atom. The van der Waals surface area contributed by atoms with Crippen molar-refractivity contribution in [2.24, 2.45) is 0 Å². The summed E-state index contributed by atoms with van der Waals surface area (Å²) in [5, 5.41) is 56.9. The minimum absolute atomic E-state index is 0.120. The summed E-state index contributed by atoms with van der Waals surface area (Å²) >= 11 is 0. The fourth-order valence-corrected chi connectivity index (χ4v) is 9.62. The van der Waals surface area contributed by atoms with Crippen LogP contribution < -0.4 is 5.32 Å². The third-order valence-corrected chi connectivity index (χ3v) is 14.7. The van der Waals surface area contributed by atoms with Crippen LogP contribution in [0.25, 0.3) is 0 Å². The van der Waals surface area contributed by atoms with Crippen molar-refractivity contribution in [1.82, 2.24) is 5.32 Å². The summed E-state index contributed by atoms with van der Waals surface area (Å²) in [6, 6.07) is -1.04. The molecule has 6 N–H and O–H groups in total. The van der Waals surface area contributed by atoms with E-state index < -0.39 is 67.4 Å². The molecule has 0 bridgehead atoms. The van der Waals surface area contributed by atoms with E-state index in [2.05, 4.69) is 62.5 Å². The van der Waals surface area contributed by atoms with Gasteiger partial charge >= 0.3 is 5.97 Å². The van der Waals surface area contributed by atoms with Gasteiger partial charge in [-0.1, -0.05) is 261 Å². The van der Waals surface area contributed by atoms with Crippen LogP contribution in [0.1, 0.15) is 271 Å². The molecule has 11 nitrogen and oxygen atoms in total. The Morgan fingerprint density at radius 3 is 1.52 bits per heavy atom. The Kier molecular flexibility index (Phi) is 50.3. The van der Waals surface area contributed by atoms with E-state index in [0.717, 1.165) is 77.0 Å². The predicted molar refractivity (Wildman–Crippen MR) is 319 cm³/mol. The number of unbranched alkanes of at least 4 members (excludes halogenated alkanes) is 31. The first-order valence-corrected chi connectivity index (χ1v) is 31.7. The van der Waals surface area contributed by atoms with Crippen molar-refractivity contribution in [3.05, 3.63) is 72.9 Å². The van der Waals surface area contributed by atoms with Crippen LogP contribution in [0.5, 0.6) is 0 Å². The van der Waals surface area contributed by atoms with Gasteiger partial charge in [0.2, 0.25) is 5.91 Å². The highest BCUT2D eigenvalue weighted by molar-refractivity contribution is 5.80. The van der Waals surface area contributed by atoms with E-state index in [9.17, 15) is 35.1 Å². The second-order valence-corrected chi connectivity index (χ2v) is 21.8. The molecule has 1 amide bonds. The minimum Gasteiger partial charge on any atom is -0.454 e. The Bertz CT molecular complexity index is 1530. The largest absolute Gasteiger partial charge is 0.454 e. The highest BCUT2D eigenvalue weighted by Crippen LogP contribution is 2.26. The van der Waals surface area contributed by atoms with Crippen molar-refractivity contribution < 1.29 is 49.3 Å². The van der Waals surface area contributed by atoms with Crippen LogP contribution in [0.4, 0.5) is 0 Å². The minimum atomic E-state index is -1.62. The van der Waals surface area contributed by atoms with E-state index in [1.807, 2.05) is 30.4 Å². The van der Waals surface area contributed by atoms with Gasteiger partial charge in [0.25, 0.3) is 0 Å². The maximum atomic E-state index is 13.4. The van der Waals surface area contributed by atoms with Crippen LogP contribution in [0, 0.1) is 0 Å². The van der Waals surface area contributed by atoms with Gasteiger partial charge in [-0.25, -0.2) is 0 Å². The molecule has 1 saturated heterocycles. The number of carbonyl (C=O) groups is 2. The molecule has 1 rings (SSSR count). The lowest BCUT2D eigenvalue weighted by Crippen LogP contribution is -2.61. The number of hydrogen-bond acceptors (Lipinski definition) is 10. The lowest BCUT2D eigenvalue weighted by Gasteiger charge is -2.41. The van der Waals surface area contributed by atoms with Crippen molar-refractivity contribution in [3.63, 3.8) is 0 Å². The molecule has 1 fully saturated rings. The van der Waals surface area contributed by atoms with Crippen LogP contribution in [0.3, 0.4) is 0 Å². The second-order valence-electron chi connectivity index (χ2n) is 21.8. The van der Waals surface area contributed by atoms with Gasteiger partial charge in [-0.15, -0.1) is 0 Å². The molecule has 11 heteroatoms. The summed E-state index contributed by atoms with van der Waals surface area (Å²) in [7, 11) is 0. The van der Waals surface area contributed by atoms with Gasteiger partial charge in [-0.2, -0.15) is 0 Å². The first-order valence-electron chi connectivity index (χ1n) is 31.7. The van der Waals surface area contributed by atoms with E-state index in [-0.39, 0.29) is 19.4 Å². The third-order valence-electron chi connectivity index (χ3n) is 14.7. The number of carbonyl (C=O) groups excluding carboxylic acids is 2. The molecule has 0 aliphatic carbocycles. The SMILES string of the molecule is CC/C=C/C=C/C=C\CCCCCCC(O)C(=O)NC(COC1OC(CO)C(O)C(O)C1OC(=O)CCCCCCCCCCCCCCCCC/C=C\C/C=C\CCCCC)C(O)/C=C/CCCCCCCCCCC. The van der Waals surface area contributed by atoms with Gasteiger partial charge in [0, 0.05) is 6.42 Å². The molecule has 1 aliphatic heterocycles. The first kappa shape index (κ1) is 72.1. The summed E-state index contributed by atoms with van der Waals surface area (Å²) in [4.78, 5) is 26.5. The quantitative estimate of drug-likeness (QED) is 0.0149. The molecule has 0 saturated carbocycles. The zero-order valence-corrected chi connectivity index (χ0v) is 49.3. The molecule has 1 aliphatic rings. The lowest BCUT2D eigenvalue weighted by molar-refractivity contribution is -0.305. The summed E-state index contributed by atoms with van der Waals surface area (Å²) in [5.41, 5.74) is 0. The highest BCUT2D eigenvalue weighted by Gasteiger charge is 2.47. The van der Waals surface area contributed by atoms with Gasteiger partial charge in [-0.05, 0) is 77.0 Å². The summed E-state index contributed by atoms with van der Waals surface area (Å²) in [5.74, 6) is -1.22. The molecule has 1 heterocycles. The van der Waals surface area contributed by atoms with E-state index >= 15 is 0 Å². The fraction of sp³-hybridized carbons (Fsp3) is 0.788. The van der Waals surface area contributed by atoms with Crippen LogP contribution in [-0.2, 0) is 23.8 Å². The van der Waals surface area contributed by atoms with E-state index in [1.54, 1.807) is 6.08 Å². The standard InChI is InChI=1S/C66H117NO10/c1-4-7-10-13-16-19-22-24-25-26-27-28-29-30-31-32-33-34-35-36-39-42-45-48-51-54-61(71)77-64-63(73)62(72)60(55-68)76-66(64)75-56-57(58(69)52-49-46-43-40-37-21-18-15-12-9-6-3)67-65(74)59(70)53-50-47-44-41-38-23-20-17-14-11-8-5-2/h8,11,14,16-17,19-20,23-25,49,52,57-60,62-64,66,68-70,72-73H,4-7,9-10,12-13,15,18,21-22,26-48,50-51,53-56H2,1-3H3,(H,67,74)/b11-8+,17-14+,19-16-,23-20-,25-24-,52-49+. The number of amides is 1. The topological polar surface area (TPSA) is 175 Å². The summed E-state index contributed by atoms with van der Waals surface area (Å²) in [6.07, 6.45) is 58.2. The number of esters is 1. The van der Waals surface area contributed by atoms with Gasteiger partial charge in [-0.3, -0.25) is 9.59 Å². The number of rotatable bonds is 53. The zero-order valence-electron chi connectivity index (χ0n) is 49.3. The normalized spacial score (nSPS) is 19.5. The number of nitrogens with one attached hydrogen (secondary N) is 1. The Labute approximate surface area is 471 Å².